The highest BCUT2D eigenvalue weighted by Gasteiger charge is 2.14. The molecule has 0 aromatic heterocycles. The molecule has 5 nitrogen and oxygen atoms in total. The van der Waals surface area contributed by atoms with E-state index in [1.165, 1.54) is 12.0 Å². The molecule has 0 saturated heterocycles. The van der Waals surface area contributed by atoms with Gasteiger partial charge >= 0.3 is 12.0 Å². The number of carbonyl (C=O) groups excluding carboxylic acids is 2. The molecule has 0 unspecified atom stereocenters. The molecule has 0 atom stereocenters. The third-order valence-electron chi connectivity index (χ3n) is 1.85. The van der Waals surface area contributed by atoms with Crippen LogP contribution in [0.2, 0.25) is 0 Å². The SMILES string of the molecule is CCN(CCC(=O)OC)C(=O)N(C)C. The van der Waals surface area contributed by atoms with Gasteiger partial charge in [0.05, 0.1) is 13.5 Å². The number of rotatable bonds is 4. The minimum Gasteiger partial charge on any atom is -0.469 e. The number of hydrogen-bond acceptors (Lipinski definition) is 3. The van der Waals surface area contributed by atoms with E-state index in [1.807, 2.05) is 6.92 Å². The first kappa shape index (κ1) is 12.7. The van der Waals surface area contributed by atoms with Gasteiger partial charge in [-0.3, -0.25) is 4.79 Å². The first-order chi connectivity index (χ1) is 6.52. The molecule has 2 amide bonds. The number of carbonyl (C=O) groups is 2. The Morgan fingerprint density at radius 2 is 1.86 bits per heavy atom. The maximum atomic E-state index is 11.5. The number of esters is 1. The average molecular weight is 202 g/mol. The fourth-order valence-corrected chi connectivity index (χ4v) is 1.00. The summed E-state index contributed by atoms with van der Waals surface area (Å²) in [6, 6.07) is -0.0867. The van der Waals surface area contributed by atoms with Gasteiger partial charge < -0.3 is 14.5 Å². The Bertz CT molecular complexity index is 204. The summed E-state index contributed by atoms with van der Waals surface area (Å²) in [7, 11) is 4.71. The van der Waals surface area contributed by atoms with Crippen LogP contribution in [0.4, 0.5) is 4.79 Å². The predicted octanol–water partition coefficient (Wildman–Crippen LogP) is 0.553. The topological polar surface area (TPSA) is 49.9 Å². The van der Waals surface area contributed by atoms with Crippen LogP contribution in [0.1, 0.15) is 13.3 Å². The van der Waals surface area contributed by atoms with Gasteiger partial charge in [0.15, 0.2) is 0 Å². The number of nitrogens with zero attached hydrogens (tertiary/aromatic N) is 2. The van der Waals surface area contributed by atoms with E-state index in [1.54, 1.807) is 19.0 Å². The van der Waals surface area contributed by atoms with Crippen molar-refractivity contribution in [2.75, 3.05) is 34.3 Å². The Labute approximate surface area is 84.6 Å². The molecule has 0 aromatic carbocycles. The molecule has 0 N–H and O–H groups in total. The summed E-state index contributed by atoms with van der Waals surface area (Å²) >= 11 is 0. The number of methoxy groups -OCH3 is 1. The molecular formula is C9H18N2O3. The van der Waals surface area contributed by atoms with Gasteiger partial charge in [-0.2, -0.15) is 0 Å². The number of hydrogen-bond donors (Lipinski definition) is 0. The van der Waals surface area contributed by atoms with E-state index < -0.39 is 0 Å². The summed E-state index contributed by atoms with van der Waals surface area (Å²) < 4.78 is 4.49. The van der Waals surface area contributed by atoms with Gasteiger partial charge in [0.1, 0.15) is 0 Å². The number of ether oxygens (including phenoxy) is 1. The molecule has 82 valence electrons. The van der Waals surface area contributed by atoms with Crippen molar-refractivity contribution in [2.24, 2.45) is 0 Å². The van der Waals surface area contributed by atoms with Crippen molar-refractivity contribution in [1.29, 1.82) is 0 Å². The molecule has 0 heterocycles. The third-order valence-corrected chi connectivity index (χ3v) is 1.85. The molecule has 0 aliphatic rings. The summed E-state index contributed by atoms with van der Waals surface area (Å²) in [6.45, 7) is 2.87. The highest BCUT2D eigenvalue weighted by atomic mass is 16.5. The van der Waals surface area contributed by atoms with Crippen LogP contribution in [0, 0.1) is 0 Å². The Kier molecular flexibility index (Phi) is 5.67. The minimum absolute atomic E-state index is 0.0867. The summed E-state index contributed by atoms with van der Waals surface area (Å²) in [5.74, 6) is -0.296. The van der Waals surface area contributed by atoms with Gasteiger partial charge in [-0.1, -0.05) is 0 Å². The summed E-state index contributed by atoms with van der Waals surface area (Å²) in [5, 5.41) is 0. The van der Waals surface area contributed by atoms with E-state index in [4.69, 9.17) is 0 Å². The molecule has 0 fully saturated rings. The molecule has 0 aromatic rings. The number of urea groups is 1. The smallest absolute Gasteiger partial charge is 0.319 e. The van der Waals surface area contributed by atoms with Crippen molar-refractivity contribution in [3.8, 4) is 0 Å². The van der Waals surface area contributed by atoms with E-state index in [0.29, 0.717) is 13.1 Å². The van der Waals surface area contributed by atoms with Crippen molar-refractivity contribution in [3.05, 3.63) is 0 Å². The molecular weight excluding hydrogens is 184 g/mol. The monoisotopic (exact) mass is 202 g/mol. The van der Waals surface area contributed by atoms with E-state index in [2.05, 4.69) is 4.74 Å². The van der Waals surface area contributed by atoms with Crippen molar-refractivity contribution >= 4 is 12.0 Å². The third kappa shape index (κ3) is 4.11. The normalized spacial score (nSPS) is 9.43. The second-order valence-electron chi connectivity index (χ2n) is 3.08. The first-order valence-electron chi connectivity index (χ1n) is 4.56. The van der Waals surface area contributed by atoms with Crippen LogP contribution >= 0.6 is 0 Å². The van der Waals surface area contributed by atoms with Crippen molar-refractivity contribution < 1.29 is 14.3 Å². The van der Waals surface area contributed by atoms with Crippen LogP contribution in [-0.4, -0.2) is 56.1 Å². The zero-order valence-corrected chi connectivity index (χ0v) is 9.24. The van der Waals surface area contributed by atoms with Gasteiger partial charge in [-0.15, -0.1) is 0 Å². The van der Waals surface area contributed by atoms with E-state index in [-0.39, 0.29) is 18.4 Å². The molecule has 0 bridgehead atoms. The van der Waals surface area contributed by atoms with Gasteiger partial charge in [0.25, 0.3) is 0 Å². The Hall–Kier alpha value is -1.26. The lowest BCUT2D eigenvalue weighted by atomic mass is 10.4. The zero-order chi connectivity index (χ0) is 11.1. The second-order valence-corrected chi connectivity index (χ2v) is 3.08. The predicted molar refractivity (Wildman–Crippen MR) is 53.0 cm³/mol. The van der Waals surface area contributed by atoms with Crippen LogP contribution in [0.25, 0.3) is 0 Å². The van der Waals surface area contributed by atoms with Gasteiger partial charge in [-0.05, 0) is 6.92 Å². The Balaban J connectivity index is 4.03. The molecule has 14 heavy (non-hydrogen) atoms. The zero-order valence-electron chi connectivity index (χ0n) is 9.24. The molecule has 0 radical (unpaired) electrons. The molecule has 0 rings (SSSR count). The van der Waals surface area contributed by atoms with Crippen molar-refractivity contribution in [1.82, 2.24) is 9.80 Å². The Morgan fingerprint density at radius 1 is 1.29 bits per heavy atom. The van der Waals surface area contributed by atoms with Crippen LogP contribution in [0.3, 0.4) is 0 Å². The fraction of sp³-hybridized carbons (Fsp3) is 0.778. The number of amides is 2. The lowest BCUT2D eigenvalue weighted by molar-refractivity contribution is -0.140. The lowest BCUT2D eigenvalue weighted by Gasteiger charge is -2.24. The van der Waals surface area contributed by atoms with Crippen molar-refractivity contribution in [2.45, 2.75) is 13.3 Å². The first-order valence-corrected chi connectivity index (χ1v) is 4.56. The maximum Gasteiger partial charge on any atom is 0.319 e. The summed E-state index contributed by atoms with van der Waals surface area (Å²) in [4.78, 5) is 25.4. The Morgan fingerprint density at radius 3 is 2.21 bits per heavy atom. The molecule has 0 saturated carbocycles. The highest BCUT2D eigenvalue weighted by molar-refractivity contribution is 5.75. The van der Waals surface area contributed by atoms with Crippen LogP contribution < -0.4 is 0 Å². The summed E-state index contributed by atoms with van der Waals surface area (Å²) in [5.41, 5.74) is 0. The van der Waals surface area contributed by atoms with E-state index >= 15 is 0 Å². The van der Waals surface area contributed by atoms with Crippen LogP contribution in [-0.2, 0) is 9.53 Å². The molecule has 0 spiro atoms. The standard InChI is InChI=1S/C9H18N2O3/c1-5-11(9(13)10(2)3)7-6-8(12)14-4/h5-7H2,1-4H3. The van der Waals surface area contributed by atoms with Crippen LogP contribution in [0.5, 0.6) is 0 Å². The maximum absolute atomic E-state index is 11.5. The fourth-order valence-electron chi connectivity index (χ4n) is 1.00. The quantitative estimate of drug-likeness (QED) is 0.626. The summed E-state index contributed by atoms with van der Waals surface area (Å²) in [6.07, 6.45) is 0.240. The van der Waals surface area contributed by atoms with E-state index in [0.717, 1.165) is 0 Å². The lowest BCUT2D eigenvalue weighted by Crippen LogP contribution is -2.40. The average Bonchev–Trinajstić information content (AvgIpc) is 2.17. The van der Waals surface area contributed by atoms with Gasteiger partial charge in [0, 0.05) is 27.2 Å². The molecule has 0 aliphatic heterocycles. The van der Waals surface area contributed by atoms with Gasteiger partial charge in [0.2, 0.25) is 0 Å². The molecule has 5 heteroatoms. The highest BCUT2D eigenvalue weighted by Crippen LogP contribution is 1.97. The molecule has 0 aliphatic carbocycles. The minimum atomic E-state index is -0.296. The van der Waals surface area contributed by atoms with Gasteiger partial charge in [-0.25, -0.2) is 4.79 Å². The second kappa shape index (κ2) is 6.23. The largest absolute Gasteiger partial charge is 0.469 e. The van der Waals surface area contributed by atoms with Crippen molar-refractivity contribution in [3.63, 3.8) is 0 Å². The van der Waals surface area contributed by atoms with Crippen LogP contribution in [0.15, 0.2) is 0 Å². The van der Waals surface area contributed by atoms with E-state index in [9.17, 15) is 9.59 Å².